The molecule has 0 aromatic heterocycles. The Labute approximate surface area is 165 Å². The van der Waals surface area contributed by atoms with Crippen molar-refractivity contribution in [3.05, 3.63) is 47.5 Å². The van der Waals surface area contributed by atoms with Crippen LogP contribution in [0.3, 0.4) is 0 Å². The van der Waals surface area contributed by atoms with Gasteiger partial charge in [-0.2, -0.15) is 0 Å². The molecule has 7 heteroatoms. The van der Waals surface area contributed by atoms with E-state index in [0.717, 1.165) is 29.0 Å². The van der Waals surface area contributed by atoms with E-state index in [0.29, 0.717) is 29.7 Å². The van der Waals surface area contributed by atoms with E-state index < -0.39 is 0 Å². The van der Waals surface area contributed by atoms with Crippen molar-refractivity contribution in [2.45, 2.75) is 13.0 Å². The van der Waals surface area contributed by atoms with E-state index in [1.165, 1.54) is 0 Å². The first-order valence-corrected chi connectivity index (χ1v) is 8.95. The zero-order valence-corrected chi connectivity index (χ0v) is 16.9. The highest BCUT2D eigenvalue weighted by molar-refractivity contribution is 7.80. The molecule has 0 atom stereocenters. The third-order valence-electron chi connectivity index (χ3n) is 4.05. The van der Waals surface area contributed by atoms with Gasteiger partial charge < -0.3 is 29.6 Å². The molecule has 0 fully saturated rings. The van der Waals surface area contributed by atoms with Crippen molar-refractivity contribution in [2.24, 2.45) is 0 Å². The number of hydrogen-bond donors (Lipinski definition) is 2. The largest absolute Gasteiger partial charge is 0.493 e. The highest BCUT2D eigenvalue weighted by Gasteiger charge is 2.06. The van der Waals surface area contributed by atoms with Crippen LogP contribution >= 0.6 is 12.2 Å². The summed E-state index contributed by atoms with van der Waals surface area (Å²) in [4.78, 5) is 0. The second kappa shape index (κ2) is 10.5. The van der Waals surface area contributed by atoms with E-state index in [4.69, 9.17) is 31.2 Å². The lowest BCUT2D eigenvalue weighted by molar-refractivity contribution is 0.354. The van der Waals surface area contributed by atoms with Crippen LogP contribution in [-0.4, -0.2) is 40.1 Å². The minimum atomic E-state index is 0.600. The summed E-state index contributed by atoms with van der Waals surface area (Å²) in [5, 5.41) is 7.01. The molecule has 2 aromatic carbocycles. The third kappa shape index (κ3) is 5.92. The van der Waals surface area contributed by atoms with E-state index in [9.17, 15) is 0 Å². The predicted molar refractivity (Wildman–Crippen MR) is 110 cm³/mol. The summed E-state index contributed by atoms with van der Waals surface area (Å²) in [6, 6.07) is 11.7. The normalized spacial score (nSPS) is 10.1. The van der Waals surface area contributed by atoms with Gasteiger partial charge in [0.2, 0.25) is 0 Å². The van der Waals surface area contributed by atoms with Crippen molar-refractivity contribution in [2.75, 3.05) is 35.0 Å². The fourth-order valence-corrected chi connectivity index (χ4v) is 2.77. The molecule has 0 aliphatic heterocycles. The summed E-state index contributed by atoms with van der Waals surface area (Å²) in [5.41, 5.74) is 2.19. The maximum atomic E-state index is 5.34. The van der Waals surface area contributed by atoms with E-state index in [1.807, 2.05) is 36.4 Å². The Kier molecular flexibility index (Phi) is 8.00. The molecule has 0 saturated carbocycles. The van der Waals surface area contributed by atoms with Crippen LogP contribution in [0.2, 0.25) is 0 Å². The lowest BCUT2D eigenvalue weighted by Crippen LogP contribution is -2.35. The van der Waals surface area contributed by atoms with E-state index in [1.54, 1.807) is 28.4 Å². The van der Waals surface area contributed by atoms with Gasteiger partial charge >= 0.3 is 0 Å². The molecule has 2 rings (SSSR count). The molecule has 6 nitrogen and oxygen atoms in total. The van der Waals surface area contributed by atoms with Gasteiger partial charge in [-0.05, 0) is 54.0 Å². The van der Waals surface area contributed by atoms with Crippen LogP contribution in [0, 0.1) is 0 Å². The Morgan fingerprint density at radius 2 is 1.26 bits per heavy atom. The molecule has 0 saturated heterocycles. The first-order valence-electron chi connectivity index (χ1n) is 8.54. The highest BCUT2D eigenvalue weighted by atomic mass is 32.1. The van der Waals surface area contributed by atoms with E-state index in [2.05, 4.69) is 10.6 Å². The first-order chi connectivity index (χ1) is 13.1. The summed E-state index contributed by atoms with van der Waals surface area (Å²) in [7, 11) is 6.50. The number of thiocarbonyl (C=S) groups is 1. The molecule has 2 aromatic rings. The Bertz CT molecular complexity index is 768. The molecule has 0 heterocycles. The maximum absolute atomic E-state index is 5.34. The summed E-state index contributed by atoms with van der Waals surface area (Å²) < 4.78 is 21.1. The van der Waals surface area contributed by atoms with Crippen LogP contribution in [0.25, 0.3) is 0 Å². The Morgan fingerprint density at radius 1 is 0.741 bits per heavy atom. The average Bonchev–Trinajstić information content (AvgIpc) is 2.71. The van der Waals surface area contributed by atoms with Gasteiger partial charge in [-0.3, -0.25) is 0 Å². The van der Waals surface area contributed by atoms with Crippen molar-refractivity contribution >= 4 is 17.3 Å². The van der Waals surface area contributed by atoms with Gasteiger partial charge in [0.05, 0.1) is 28.4 Å². The van der Waals surface area contributed by atoms with Crippen LogP contribution in [0.5, 0.6) is 23.0 Å². The number of hydrogen-bond acceptors (Lipinski definition) is 5. The summed E-state index contributed by atoms with van der Waals surface area (Å²) in [5.74, 6) is 2.85. The maximum Gasteiger partial charge on any atom is 0.166 e. The zero-order valence-electron chi connectivity index (χ0n) is 16.1. The van der Waals surface area contributed by atoms with Gasteiger partial charge in [0.25, 0.3) is 0 Å². The number of methoxy groups -OCH3 is 4. The molecule has 0 aliphatic rings. The predicted octanol–water partition coefficient (Wildman–Crippen LogP) is 2.93. The molecule has 0 spiro atoms. The van der Waals surface area contributed by atoms with E-state index >= 15 is 0 Å². The number of benzene rings is 2. The smallest absolute Gasteiger partial charge is 0.166 e. The van der Waals surface area contributed by atoms with E-state index in [-0.39, 0.29) is 0 Å². The fraction of sp³-hybridized carbons (Fsp3) is 0.350. The highest BCUT2D eigenvalue weighted by Crippen LogP contribution is 2.28. The fourth-order valence-electron chi connectivity index (χ4n) is 2.59. The Hall–Kier alpha value is -2.67. The van der Waals surface area contributed by atoms with Gasteiger partial charge in [-0.15, -0.1) is 0 Å². The molecular formula is C20H26N2O4S. The van der Waals surface area contributed by atoms with Crippen LogP contribution in [0.1, 0.15) is 11.1 Å². The lowest BCUT2D eigenvalue weighted by Gasteiger charge is -2.13. The molecule has 0 unspecified atom stereocenters. The second-order valence-corrected chi connectivity index (χ2v) is 6.15. The van der Waals surface area contributed by atoms with Gasteiger partial charge in [-0.1, -0.05) is 12.1 Å². The molecule has 2 N–H and O–H groups in total. The number of rotatable bonds is 9. The minimum absolute atomic E-state index is 0.600. The first kappa shape index (κ1) is 20.6. The monoisotopic (exact) mass is 390 g/mol. The van der Waals surface area contributed by atoms with Gasteiger partial charge in [0.1, 0.15) is 0 Å². The topological polar surface area (TPSA) is 61.0 Å². The average molecular weight is 391 g/mol. The SMILES string of the molecule is COc1ccc(CCNC(=S)NCc2ccc(OC)c(OC)c2)cc1OC. The Morgan fingerprint density at radius 3 is 1.81 bits per heavy atom. The van der Waals surface area contributed by atoms with Gasteiger partial charge in [0.15, 0.2) is 28.1 Å². The van der Waals surface area contributed by atoms with Crippen molar-refractivity contribution in [1.29, 1.82) is 0 Å². The van der Waals surface area contributed by atoms with Gasteiger partial charge in [0, 0.05) is 13.1 Å². The van der Waals surface area contributed by atoms with Crippen molar-refractivity contribution in [3.63, 3.8) is 0 Å². The minimum Gasteiger partial charge on any atom is -0.493 e. The molecule has 0 amide bonds. The van der Waals surface area contributed by atoms with Crippen molar-refractivity contribution in [3.8, 4) is 23.0 Å². The van der Waals surface area contributed by atoms with Crippen LogP contribution in [0.4, 0.5) is 0 Å². The molecule has 146 valence electrons. The Balaban J connectivity index is 1.80. The summed E-state index contributed by atoms with van der Waals surface area (Å²) in [6.07, 6.45) is 0.818. The molecule has 0 aliphatic carbocycles. The lowest BCUT2D eigenvalue weighted by atomic mass is 10.1. The number of nitrogens with one attached hydrogen (secondary N) is 2. The van der Waals surface area contributed by atoms with Crippen molar-refractivity contribution < 1.29 is 18.9 Å². The summed E-state index contributed by atoms with van der Waals surface area (Å²) >= 11 is 5.34. The second-order valence-electron chi connectivity index (χ2n) is 5.74. The number of ether oxygens (including phenoxy) is 4. The molecular weight excluding hydrogens is 364 g/mol. The summed E-state index contributed by atoms with van der Waals surface area (Å²) in [6.45, 7) is 1.32. The standard InChI is InChI=1S/C20H26N2O4S/c1-23-16-7-5-14(11-18(16)25-3)9-10-21-20(27)22-13-15-6-8-17(24-2)19(12-15)26-4/h5-8,11-12H,9-10,13H2,1-4H3,(H2,21,22,27). The molecule has 0 radical (unpaired) electrons. The quantitative estimate of drug-likeness (QED) is 0.639. The van der Waals surface area contributed by atoms with Crippen LogP contribution in [-0.2, 0) is 13.0 Å². The molecule has 27 heavy (non-hydrogen) atoms. The van der Waals surface area contributed by atoms with Crippen LogP contribution in [0.15, 0.2) is 36.4 Å². The third-order valence-corrected chi connectivity index (χ3v) is 4.34. The van der Waals surface area contributed by atoms with Crippen molar-refractivity contribution in [1.82, 2.24) is 10.6 Å². The zero-order chi connectivity index (χ0) is 19.6. The molecule has 0 bridgehead atoms. The van der Waals surface area contributed by atoms with Crippen LogP contribution < -0.4 is 29.6 Å². The van der Waals surface area contributed by atoms with Gasteiger partial charge in [-0.25, -0.2) is 0 Å².